The van der Waals surface area contributed by atoms with Crippen LogP contribution in [0.1, 0.15) is 47.0 Å². The van der Waals surface area contributed by atoms with Gasteiger partial charge in [-0.1, -0.05) is 6.42 Å². The molecule has 0 saturated heterocycles. The van der Waals surface area contributed by atoms with Gasteiger partial charge in [0.1, 0.15) is 6.35 Å². The van der Waals surface area contributed by atoms with Crippen LogP contribution >= 0.6 is 7.37 Å². The summed E-state index contributed by atoms with van der Waals surface area (Å²) in [7, 11) is -2.56. The van der Waals surface area contributed by atoms with Crippen LogP contribution in [-0.4, -0.2) is 24.7 Å². The Morgan fingerprint density at radius 2 is 1.94 bits per heavy atom. The molecule has 0 aromatic heterocycles. The van der Waals surface area contributed by atoms with Crippen LogP contribution < -0.4 is 0 Å². The van der Waals surface area contributed by atoms with Crippen molar-refractivity contribution in [1.29, 1.82) is 0 Å². The molecular weight excluding hydrogens is 223 g/mol. The van der Waals surface area contributed by atoms with E-state index in [1.54, 1.807) is 0 Å². The highest BCUT2D eigenvalue weighted by Crippen LogP contribution is 2.52. The maximum absolute atomic E-state index is 12.5. The van der Waals surface area contributed by atoms with Gasteiger partial charge in [-0.05, 0) is 46.5 Å². The number of rotatable bonds is 6. The Morgan fingerprint density at radius 3 is 2.31 bits per heavy atom. The first-order valence-corrected chi connectivity index (χ1v) is 8.21. The second kappa shape index (κ2) is 5.66. The quantitative estimate of drug-likeness (QED) is 0.669. The molecule has 16 heavy (non-hydrogen) atoms. The standard InChI is InChI=1S/C12H25O3P/c1-5-15-16(13,9-11-7-6-8-11)10-14-12(2,3)4/h11H,5-10H2,1-4H3. The first kappa shape index (κ1) is 14.2. The molecule has 0 aromatic rings. The highest BCUT2D eigenvalue weighted by Gasteiger charge is 2.32. The largest absolute Gasteiger partial charge is 0.366 e. The van der Waals surface area contributed by atoms with E-state index in [-0.39, 0.29) is 11.9 Å². The van der Waals surface area contributed by atoms with E-state index in [9.17, 15) is 4.57 Å². The van der Waals surface area contributed by atoms with Gasteiger partial charge in [-0.25, -0.2) is 0 Å². The van der Waals surface area contributed by atoms with Gasteiger partial charge in [-0.15, -0.1) is 0 Å². The number of hydrogen-bond acceptors (Lipinski definition) is 3. The lowest BCUT2D eigenvalue weighted by atomic mass is 9.87. The lowest BCUT2D eigenvalue weighted by molar-refractivity contribution is 0.0196. The van der Waals surface area contributed by atoms with Crippen molar-refractivity contribution >= 4 is 7.37 Å². The maximum atomic E-state index is 12.5. The fraction of sp³-hybridized carbons (Fsp3) is 1.00. The molecule has 1 atom stereocenters. The van der Waals surface area contributed by atoms with Gasteiger partial charge in [0.05, 0.1) is 12.2 Å². The van der Waals surface area contributed by atoms with Crippen LogP contribution in [0.5, 0.6) is 0 Å². The maximum Gasteiger partial charge on any atom is 0.228 e. The van der Waals surface area contributed by atoms with Crippen LogP contribution in [0.15, 0.2) is 0 Å². The molecule has 3 nitrogen and oxygen atoms in total. The molecule has 1 fully saturated rings. The van der Waals surface area contributed by atoms with Gasteiger partial charge in [0.2, 0.25) is 7.37 Å². The Morgan fingerprint density at radius 1 is 1.31 bits per heavy atom. The summed E-state index contributed by atoms with van der Waals surface area (Å²) in [6.07, 6.45) is 4.65. The Labute approximate surface area is 99.4 Å². The summed E-state index contributed by atoms with van der Waals surface area (Å²) >= 11 is 0. The highest BCUT2D eigenvalue weighted by atomic mass is 31.2. The third-order valence-corrected chi connectivity index (χ3v) is 5.14. The molecule has 0 N–H and O–H groups in total. The lowest BCUT2D eigenvalue weighted by Crippen LogP contribution is -2.23. The van der Waals surface area contributed by atoms with Gasteiger partial charge < -0.3 is 9.26 Å². The SMILES string of the molecule is CCOP(=O)(COC(C)(C)C)CC1CCC1. The van der Waals surface area contributed by atoms with Gasteiger partial charge in [-0.2, -0.15) is 0 Å². The summed E-state index contributed by atoms with van der Waals surface area (Å²) in [5.74, 6) is 0.598. The average molecular weight is 248 g/mol. The van der Waals surface area contributed by atoms with Gasteiger partial charge in [0.25, 0.3) is 0 Å². The molecule has 0 amide bonds. The van der Waals surface area contributed by atoms with Crippen molar-refractivity contribution < 1.29 is 13.8 Å². The summed E-state index contributed by atoms with van der Waals surface area (Å²) in [5.41, 5.74) is -0.244. The first-order valence-electron chi connectivity index (χ1n) is 6.21. The summed E-state index contributed by atoms with van der Waals surface area (Å²) < 4.78 is 23.6. The second-order valence-electron chi connectivity index (χ2n) is 5.60. The third-order valence-electron chi connectivity index (χ3n) is 2.82. The second-order valence-corrected chi connectivity index (χ2v) is 8.11. The van der Waals surface area contributed by atoms with Crippen LogP contribution in [0.4, 0.5) is 0 Å². The van der Waals surface area contributed by atoms with Crippen LogP contribution in [0.25, 0.3) is 0 Å². The molecule has 1 aliphatic rings. The zero-order valence-electron chi connectivity index (χ0n) is 11.0. The molecular formula is C12H25O3P. The third kappa shape index (κ3) is 4.99. The van der Waals surface area contributed by atoms with Gasteiger partial charge in [0.15, 0.2) is 0 Å². The molecule has 1 aliphatic carbocycles. The molecule has 0 aliphatic heterocycles. The normalized spacial score (nSPS) is 21.5. The van der Waals surface area contributed by atoms with Crippen molar-refractivity contribution in [2.45, 2.75) is 52.6 Å². The molecule has 0 spiro atoms. The van der Waals surface area contributed by atoms with Crippen molar-refractivity contribution in [2.24, 2.45) is 5.92 Å². The minimum Gasteiger partial charge on any atom is -0.366 e. The molecule has 0 aromatic carbocycles. The summed E-state index contributed by atoms with van der Waals surface area (Å²) in [6.45, 7) is 8.34. The molecule has 96 valence electrons. The topological polar surface area (TPSA) is 35.5 Å². The molecule has 0 bridgehead atoms. The van der Waals surface area contributed by atoms with E-state index in [0.29, 0.717) is 18.7 Å². The summed E-state index contributed by atoms with van der Waals surface area (Å²) in [4.78, 5) is 0. The van der Waals surface area contributed by atoms with Crippen molar-refractivity contribution in [3.8, 4) is 0 Å². The minimum absolute atomic E-state index is 0.244. The van der Waals surface area contributed by atoms with Crippen molar-refractivity contribution in [3.63, 3.8) is 0 Å². The van der Waals surface area contributed by atoms with E-state index >= 15 is 0 Å². The zero-order valence-corrected chi connectivity index (χ0v) is 11.9. The van der Waals surface area contributed by atoms with Gasteiger partial charge in [0, 0.05) is 6.16 Å². The smallest absolute Gasteiger partial charge is 0.228 e. The fourth-order valence-corrected chi connectivity index (χ4v) is 4.23. The Kier molecular flexibility index (Phi) is 5.03. The summed E-state index contributed by atoms with van der Waals surface area (Å²) in [5, 5.41) is 0. The number of hydrogen-bond donors (Lipinski definition) is 0. The van der Waals surface area contributed by atoms with Crippen molar-refractivity contribution in [2.75, 3.05) is 19.1 Å². The molecule has 0 heterocycles. The Bertz CT molecular complexity index is 253. The first-order chi connectivity index (χ1) is 7.35. The van der Waals surface area contributed by atoms with Crippen LogP contribution in [-0.2, 0) is 13.8 Å². The fourth-order valence-electron chi connectivity index (χ4n) is 1.74. The van der Waals surface area contributed by atoms with E-state index in [0.717, 1.165) is 0 Å². The van der Waals surface area contributed by atoms with Crippen LogP contribution in [0.2, 0.25) is 0 Å². The van der Waals surface area contributed by atoms with E-state index < -0.39 is 7.37 Å². The van der Waals surface area contributed by atoms with Crippen LogP contribution in [0.3, 0.4) is 0 Å². The van der Waals surface area contributed by atoms with Crippen LogP contribution in [0, 0.1) is 5.92 Å². The van der Waals surface area contributed by atoms with Crippen molar-refractivity contribution in [3.05, 3.63) is 0 Å². The Balaban J connectivity index is 2.46. The van der Waals surface area contributed by atoms with E-state index in [1.165, 1.54) is 19.3 Å². The molecule has 1 unspecified atom stereocenters. The lowest BCUT2D eigenvalue weighted by Gasteiger charge is -2.31. The monoisotopic (exact) mass is 248 g/mol. The van der Waals surface area contributed by atoms with E-state index in [2.05, 4.69) is 0 Å². The van der Waals surface area contributed by atoms with E-state index in [4.69, 9.17) is 9.26 Å². The molecule has 0 radical (unpaired) electrons. The predicted molar refractivity (Wildman–Crippen MR) is 67.1 cm³/mol. The number of ether oxygens (including phenoxy) is 1. The van der Waals surface area contributed by atoms with Gasteiger partial charge in [-0.3, -0.25) is 4.57 Å². The zero-order chi connectivity index (χ0) is 12.2. The Hall–Kier alpha value is 0.150. The average Bonchev–Trinajstić information content (AvgIpc) is 2.08. The van der Waals surface area contributed by atoms with Crippen molar-refractivity contribution in [1.82, 2.24) is 0 Å². The highest BCUT2D eigenvalue weighted by molar-refractivity contribution is 7.58. The van der Waals surface area contributed by atoms with Gasteiger partial charge >= 0.3 is 0 Å². The molecule has 1 rings (SSSR count). The predicted octanol–water partition coefficient (Wildman–Crippen LogP) is 3.87. The molecule has 1 saturated carbocycles. The minimum atomic E-state index is -2.56. The van der Waals surface area contributed by atoms with E-state index in [1.807, 2.05) is 27.7 Å². The molecule has 4 heteroatoms. The summed E-state index contributed by atoms with van der Waals surface area (Å²) in [6, 6.07) is 0.